The molecule has 0 radical (unpaired) electrons. The summed E-state index contributed by atoms with van der Waals surface area (Å²) in [5, 5.41) is 3.01. The number of hydrogen-bond donors (Lipinski definition) is 3. The molecular formula is C19H20N4O3S. The van der Waals surface area contributed by atoms with Crippen molar-refractivity contribution in [2.45, 2.75) is 22.5 Å². The van der Waals surface area contributed by atoms with Gasteiger partial charge in [0, 0.05) is 0 Å². The van der Waals surface area contributed by atoms with Crippen LogP contribution in [0.1, 0.15) is 5.56 Å². The van der Waals surface area contributed by atoms with Gasteiger partial charge in [-0.15, -0.1) is 0 Å². The molecule has 0 saturated heterocycles. The first kappa shape index (κ1) is 18.8. The second-order valence-corrected chi connectivity index (χ2v) is 7.17. The Morgan fingerprint density at radius 1 is 1.22 bits per heavy atom. The van der Waals surface area contributed by atoms with Crippen LogP contribution in [-0.2, 0) is 22.0 Å². The first-order valence-electron chi connectivity index (χ1n) is 8.28. The number of carbonyl (C=O) groups excluding carboxylic acids is 1. The van der Waals surface area contributed by atoms with E-state index in [-0.39, 0.29) is 11.1 Å². The quantitative estimate of drug-likeness (QED) is 0.578. The fourth-order valence-corrected chi connectivity index (χ4v) is 3.58. The standard InChI is InChI=1S/C19H20N4O3S/c1-26-17-12-21-19(23-17)27(25)16-10-6-5-9-15(16)22-18(24)14(20)11-13-7-3-2-4-8-13/h2-10,12,14H,11,20H2,1H3,(H,21,23)(H,22,24)/t14-,27?/m0/s1. The van der Waals surface area contributed by atoms with Crippen LogP contribution in [0.2, 0.25) is 0 Å². The second kappa shape index (κ2) is 8.61. The number of nitrogens with two attached hydrogens (primary N) is 1. The number of benzene rings is 2. The van der Waals surface area contributed by atoms with E-state index in [9.17, 15) is 9.00 Å². The Balaban J connectivity index is 1.75. The molecule has 2 atom stereocenters. The number of methoxy groups -OCH3 is 1. The predicted molar refractivity (Wildman–Crippen MR) is 103 cm³/mol. The number of rotatable bonds is 7. The van der Waals surface area contributed by atoms with Gasteiger partial charge < -0.3 is 20.8 Å². The maximum absolute atomic E-state index is 12.8. The molecule has 3 aromatic rings. The number of aromatic amines is 1. The number of amides is 1. The van der Waals surface area contributed by atoms with E-state index in [2.05, 4.69) is 15.3 Å². The van der Waals surface area contributed by atoms with Gasteiger partial charge >= 0.3 is 0 Å². The highest BCUT2D eigenvalue weighted by Gasteiger charge is 2.19. The highest BCUT2D eigenvalue weighted by molar-refractivity contribution is 7.85. The summed E-state index contributed by atoms with van der Waals surface area (Å²) in [7, 11) is -0.120. The number of carbonyl (C=O) groups is 1. The van der Waals surface area contributed by atoms with Crippen molar-refractivity contribution in [2.24, 2.45) is 5.73 Å². The molecule has 0 fully saturated rings. The monoisotopic (exact) mass is 384 g/mol. The number of nitrogens with zero attached hydrogens (tertiary/aromatic N) is 1. The van der Waals surface area contributed by atoms with E-state index < -0.39 is 16.8 Å². The van der Waals surface area contributed by atoms with Gasteiger partial charge in [0.05, 0.1) is 29.9 Å². The summed E-state index contributed by atoms with van der Waals surface area (Å²) in [6.07, 6.45) is 1.86. The van der Waals surface area contributed by atoms with Crippen LogP contribution in [0, 0.1) is 0 Å². The van der Waals surface area contributed by atoms with E-state index in [1.807, 2.05) is 30.3 Å². The van der Waals surface area contributed by atoms with Crippen LogP contribution in [0.4, 0.5) is 5.69 Å². The molecule has 1 amide bonds. The van der Waals surface area contributed by atoms with E-state index >= 15 is 0 Å². The van der Waals surface area contributed by atoms with Crippen LogP contribution in [-0.4, -0.2) is 33.2 Å². The van der Waals surface area contributed by atoms with Gasteiger partial charge in [-0.25, -0.2) is 9.19 Å². The summed E-state index contributed by atoms with van der Waals surface area (Å²) in [6, 6.07) is 15.7. The molecule has 0 aliphatic carbocycles. The lowest BCUT2D eigenvalue weighted by Gasteiger charge is -2.14. The van der Waals surface area contributed by atoms with Crippen molar-refractivity contribution in [1.82, 2.24) is 9.97 Å². The zero-order chi connectivity index (χ0) is 19.2. The highest BCUT2D eigenvalue weighted by atomic mass is 32.2. The fourth-order valence-electron chi connectivity index (χ4n) is 2.51. The number of ether oxygens (including phenoxy) is 1. The lowest BCUT2D eigenvalue weighted by molar-refractivity contribution is -0.117. The molecule has 0 saturated carbocycles. The molecule has 1 unspecified atom stereocenters. The minimum Gasteiger partial charge on any atom is -0.481 e. The van der Waals surface area contributed by atoms with Crippen molar-refractivity contribution in [2.75, 3.05) is 12.4 Å². The molecule has 4 N–H and O–H groups in total. The summed E-state index contributed by atoms with van der Waals surface area (Å²) in [5.41, 5.74) is 7.44. The Morgan fingerprint density at radius 3 is 2.63 bits per heavy atom. The average molecular weight is 384 g/mol. The minimum atomic E-state index is -1.61. The largest absolute Gasteiger partial charge is 0.481 e. The number of anilines is 1. The van der Waals surface area contributed by atoms with Crippen LogP contribution in [0.5, 0.6) is 5.88 Å². The van der Waals surface area contributed by atoms with Crippen LogP contribution >= 0.6 is 0 Å². The minimum absolute atomic E-state index is 0.238. The Bertz CT molecular complexity index is 943. The highest BCUT2D eigenvalue weighted by Crippen LogP contribution is 2.24. The summed E-state index contributed by atoms with van der Waals surface area (Å²) in [6.45, 7) is 0. The van der Waals surface area contributed by atoms with Crippen LogP contribution in [0.3, 0.4) is 0 Å². The zero-order valence-corrected chi connectivity index (χ0v) is 15.5. The van der Waals surface area contributed by atoms with Gasteiger partial charge in [0.2, 0.25) is 16.9 Å². The molecule has 0 bridgehead atoms. The van der Waals surface area contributed by atoms with Crippen molar-refractivity contribution in [3.05, 3.63) is 66.4 Å². The third-order valence-corrected chi connectivity index (χ3v) is 5.22. The molecule has 8 heteroatoms. The Hall–Kier alpha value is -2.97. The van der Waals surface area contributed by atoms with Crippen LogP contribution in [0.25, 0.3) is 0 Å². The fraction of sp³-hybridized carbons (Fsp3) is 0.158. The number of para-hydroxylation sites is 1. The van der Waals surface area contributed by atoms with Crippen molar-refractivity contribution in [3.8, 4) is 5.88 Å². The number of H-pyrrole nitrogens is 1. The normalized spacial score (nSPS) is 13.0. The number of hydrogen-bond acceptors (Lipinski definition) is 5. The van der Waals surface area contributed by atoms with E-state index in [0.29, 0.717) is 22.9 Å². The Kier molecular flexibility index (Phi) is 6.00. The first-order valence-corrected chi connectivity index (χ1v) is 9.43. The van der Waals surface area contributed by atoms with Gasteiger partial charge in [-0.2, -0.15) is 0 Å². The lowest BCUT2D eigenvalue weighted by Crippen LogP contribution is -2.37. The molecule has 7 nitrogen and oxygen atoms in total. The second-order valence-electron chi connectivity index (χ2n) is 5.81. The van der Waals surface area contributed by atoms with Gasteiger partial charge in [0.25, 0.3) is 0 Å². The molecular weight excluding hydrogens is 364 g/mol. The molecule has 0 aliphatic heterocycles. The van der Waals surface area contributed by atoms with Crippen molar-refractivity contribution in [1.29, 1.82) is 0 Å². The van der Waals surface area contributed by atoms with Gasteiger partial charge in [-0.3, -0.25) is 4.79 Å². The first-order chi connectivity index (χ1) is 13.1. The number of imidazole rings is 1. The van der Waals surface area contributed by atoms with E-state index in [1.54, 1.807) is 24.3 Å². The Labute approximate surface area is 159 Å². The van der Waals surface area contributed by atoms with Crippen LogP contribution < -0.4 is 15.8 Å². The topological polar surface area (TPSA) is 110 Å². The predicted octanol–water partition coefficient (Wildman–Crippen LogP) is 2.09. The molecule has 1 heterocycles. The third-order valence-electron chi connectivity index (χ3n) is 3.90. The average Bonchev–Trinajstić information content (AvgIpc) is 3.18. The smallest absolute Gasteiger partial charge is 0.241 e. The molecule has 1 aromatic heterocycles. The lowest BCUT2D eigenvalue weighted by atomic mass is 10.1. The zero-order valence-electron chi connectivity index (χ0n) is 14.7. The van der Waals surface area contributed by atoms with Gasteiger partial charge in [-0.1, -0.05) is 42.5 Å². The molecule has 3 rings (SSSR count). The summed E-state index contributed by atoms with van der Waals surface area (Å²) in [5.74, 6) is 0.0603. The molecule has 0 aliphatic rings. The van der Waals surface area contributed by atoms with E-state index in [0.717, 1.165) is 5.56 Å². The molecule has 140 valence electrons. The van der Waals surface area contributed by atoms with Crippen LogP contribution in [0.15, 0.2) is 70.8 Å². The van der Waals surface area contributed by atoms with Crippen molar-refractivity contribution in [3.63, 3.8) is 0 Å². The van der Waals surface area contributed by atoms with Gasteiger partial charge in [-0.05, 0) is 24.1 Å². The molecule has 0 spiro atoms. The number of aromatic nitrogens is 2. The summed E-state index contributed by atoms with van der Waals surface area (Å²) >= 11 is 0. The Morgan fingerprint density at radius 2 is 1.93 bits per heavy atom. The van der Waals surface area contributed by atoms with E-state index in [1.165, 1.54) is 13.3 Å². The summed E-state index contributed by atoms with van der Waals surface area (Å²) < 4.78 is 17.8. The summed E-state index contributed by atoms with van der Waals surface area (Å²) in [4.78, 5) is 19.8. The van der Waals surface area contributed by atoms with E-state index in [4.69, 9.17) is 10.5 Å². The maximum atomic E-state index is 12.8. The van der Waals surface area contributed by atoms with Gasteiger partial charge in [0.15, 0.2) is 0 Å². The van der Waals surface area contributed by atoms with Crippen molar-refractivity contribution >= 4 is 22.4 Å². The molecule has 2 aromatic carbocycles. The molecule has 27 heavy (non-hydrogen) atoms. The van der Waals surface area contributed by atoms with Gasteiger partial charge in [0.1, 0.15) is 10.8 Å². The SMILES string of the molecule is COc1cnc(S(=O)c2ccccc2NC(=O)[C@@H](N)Cc2ccccc2)[nH]1. The van der Waals surface area contributed by atoms with Crippen molar-refractivity contribution < 1.29 is 13.7 Å². The third kappa shape index (κ3) is 4.60. The maximum Gasteiger partial charge on any atom is 0.241 e. The number of nitrogens with one attached hydrogen (secondary N) is 2.